The van der Waals surface area contributed by atoms with Crippen molar-refractivity contribution in [2.45, 2.75) is 131 Å². The molecule has 0 aromatic carbocycles. The smallest absolute Gasteiger partial charge is 0.323 e. The van der Waals surface area contributed by atoms with Crippen LogP contribution in [0.25, 0.3) is 0 Å². The van der Waals surface area contributed by atoms with E-state index in [0.717, 1.165) is 32.3 Å². The Bertz CT molecular complexity index is 467. The van der Waals surface area contributed by atoms with E-state index in [9.17, 15) is 4.79 Å². The molecule has 1 aliphatic carbocycles. The lowest BCUT2D eigenvalue weighted by molar-refractivity contribution is -0.153. The Morgan fingerprint density at radius 2 is 1.55 bits per heavy atom. The summed E-state index contributed by atoms with van der Waals surface area (Å²) in [5.74, 6) is 0.590. The molecule has 0 radical (unpaired) electrons. The molecule has 0 bridgehead atoms. The molecule has 0 amide bonds. The van der Waals surface area contributed by atoms with E-state index in [-0.39, 0.29) is 35.7 Å². The number of hydrogen-bond acceptors (Lipinski definition) is 5. The van der Waals surface area contributed by atoms with Crippen molar-refractivity contribution in [2.75, 3.05) is 6.61 Å². The zero-order valence-electron chi connectivity index (χ0n) is 20.5. The molecular formula is C24H48N2O3. The van der Waals surface area contributed by atoms with Crippen LogP contribution in [0, 0.1) is 11.3 Å². The number of esters is 1. The lowest BCUT2D eigenvalue weighted by atomic mass is 9.83. The average Bonchev–Trinajstić information content (AvgIpc) is 2.59. The van der Waals surface area contributed by atoms with Crippen LogP contribution in [-0.4, -0.2) is 49.0 Å². The van der Waals surface area contributed by atoms with Gasteiger partial charge in [0, 0.05) is 18.1 Å². The van der Waals surface area contributed by atoms with Gasteiger partial charge < -0.3 is 20.1 Å². The first-order valence-electron chi connectivity index (χ1n) is 11.7. The minimum atomic E-state index is -0.235. The minimum Gasteiger partial charge on any atom is -0.461 e. The molecule has 5 nitrogen and oxygen atoms in total. The van der Waals surface area contributed by atoms with Gasteiger partial charge >= 0.3 is 5.97 Å². The minimum absolute atomic E-state index is 0.0863. The summed E-state index contributed by atoms with van der Waals surface area (Å²) in [6.45, 7) is 20.0. The van der Waals surface area contributed by atoms with Crippen molar-refractivity contribution >= 4 is 5.97 Å². The molecule has 1 rings (SSSR count). The van der Waals surface area contributed by atoms with Gasteiger partial charge in [0.25, 0.3) is 0 Å². The van der Waals surface area contributed by atoms with Gasteiger partial charge in [0.15, 0.2) is 0 Å². The monoisotopic (exact) mass is 412 g/mol. The molecule has 172 valence electrons. The van der Waals surface area contributed by atoms with Crippen molar-refractivity contribution in [3.8, 4) is 0 Å². The molecule has 1 saturated carbocycles. The van der Waals surface area contributed by atoms with E-state index >= 15 is 0 Å². The Kier molecular flexibility index (Phi) is 11.2. The van der Waals surface area contributed by atoms with Crippen molar-refractivity contribution in [3.63, 3.8) is 0 Å². The van der Waals surface area contributed by atoms with Gasteiger partial charge in [-0.1, -0.05) is 34.6 Å². The maximum atomic E-state index is 12.2. The molecule has 29 heavy (non-hydrogen) atoms. The van der Waals surface area contributed by atoms with Crippen molar-refractivity contribution in [3.05, 3.63) is 0 Å². The largest absolute Gasteiger partial charge is 0.461 e. The first-order chi connectivity index (χ1) is 13.4. The summed E-state index contributed by atoms with van der Waals surface area (Å²) in [6.07, 6.45) is 5.70. The third-order valence-electron chi connectivity index (χ3n) is 5.73. The fraction of sp³-hybridized carbons (Fsp3) is 0.958. The van der Waals surface area contributed by atoms with Gasteiger partial charge in [-0.05, 0) is 71.1 Å². The normalized spacial score (nSPS) is 24.8. The van der Waals surface area contributed by atoms with Crippen LogP contribution in [0.15, 0.2) is 0 Å². The topological polar surface area (TPSA) is 59.6 Å². The van der Waals surface area contributed by atoms with Crippen LogP contribution in [0.1, 0.15) is 94.4 Å². The van der Waals surface area contributed by atoms with Crippen LogP contribution in [0.4, 0.5) is 0 Å². The molecule has 5 heteroatoms. The summed E-state index contributed by atoms with van der Waals surface area (Å²) in [7, 11) is 0. The average molecular weight is 413 g/mol. The number of hydrogen-bond donors (Lipinski definition) is 2. The van der Waals surface area contributed by atoms with Gasteiger partial charge in [0.05, 0.1) is 12.7 Å². The van der Waals surface area contributed by atoms with Crippen LogP contribution in [0.2, 0.25) is 0 Å². The van der Waals surface area contributed by atoms with E-state index in [0.29, 0.717) is 18.0 Å². The van der Waals surface area contributed by atoms with E-state index in [1.165, 1.54) is 6.42 Å². The SMILES string of the molecule is CC(C)NC(C)C(=O)OC1CCC(CC(C)N[C@@H](C)C(C)OCC(C)(C)C)CC1. The van der Waals surface area contributed by atoms with Gasteiger partial charge in [-0.2, -0.15) is 0 Å². The first kappa shape index (κ1) is 26.4. The summed E-state index contributed by atoms with van der Waals surface area (Å²) in [4.78, 5) is 12.2. The van der Waals surface area contributed by atoms with E-state index in [1.54, 1.807) is 0 Å². The molecular weight excluding hydrogens is 364 g/mol. The van der Waals surface area contributed by atoms with Crippen LogP contribution in [0.3, 0.4) is 0 Å². The Morgan fingerprint density at radius 1 is 0.966 bits per heavy atom. The second-order valence-corrected chi connectivity index (χ2v) is 10.8. The maximum Gasteiger partial charge on any atom is 0.323 e. The number of carbonyl (C=O) groups is 1. The Morgan fingerprint density at radius 3 is 2.07 bits per heavy atom. The predicted molar refractivity (Wildman–Crippen MR) is 121 cm³/mol. The Labute approximate surface area is 180 Å². The third kappa shape index (κ3) is 11.4. The lowest BCUT2D eigenvalue weighted by Gasteiger charge is -2.33. The quantitative estimate of drug-likeness (QED) is 0.482. The van der Waals surface area contributed by atoms with Crippen molar-refractivity contribution < 1.29 is 14.3 Å². The lowest BCUT2D eigenvalue weighted by Crippen LogP contribution is -2.44. The predicted octanol–water partition coefficient (Wildman–Crippen LogP) is 4.68. The first-order valence-corrected chi connectivity index (χ1v) is 11.7. The van der Waals surface area contributed by atoms with Gasteiger partial charge in [0.1, 0.15) is 12.1 Å². The standard InChI is InChI=1S/C24H48N2O3/c1-16(2)25-19(5)23(27)29-22-12-10-21(11-13-22)14-17(3)26-18(4)20(6)28-15-24(7,8)9/h16-22,25-26H,10-15H2,1-9H3/t17?,18-,19?,20?,21?,22?/m0/s1. The third-order valence-corrected chi connectivity index (χ3v) is 5.73. The molecule has 0 aromatic heterocycles. The summed E-state index contributed by atoms with van der Waals surface area (Å²) in [5.41, 5.74) is 0.199. The fourth-order valence-corrected chi connectivity index (χ4v) is 4.00. The van der Waals surface area contributed by atoms with Crippen LogP contribution < -0.4 is 10.6 Å². The van der Waals surface area contributed by atoms with Gasteiger partial charge in [-0.15, -0.1) is 0 Å². The Balaban J connectivity index is 2.29. The molecule has 0 aromatic rings. The van der Waals surface area contributed by atoms with Gasteiger partial charge in [-0.3, -0.25) is 4.79 Å². The van der Waals surface area contributed by atoms with E-state index in [2.05, 4.69) is 52.2 Å². The second kappa shape index (κ2) is 12.3. The van der Waals surface area contributed by atoms with E-state index in [1.807, 2.05) is 20.8 Å². The van der Waals surface area contributed by atoms with Gasteiger partial charge in [0.2, 0.25) is 0 Å². The van der Waals surface area contributed by atoms with E-state index in [4.69, 9.17) is 9.47 Å². The fourth-order valence-electron chi connectivity index (χ4n) is 4.00. The molecule has 4 atom stereocenters. The van der Waals surface area contributed by atoms with Gasteiger partial charge in [-0.25, -0.2) is 0 Å². The van der Waals surface area contributed by atoms with Crippen molar-refractivity contribution in [1.82, 2.24) is 10.6 Å². The summed E-state index contributed by atoms with van der Waals surface area (Å²) < 4.78 is 11.8. The number of nitrogens with one attached hydrogen (secondary N) is 2. The highest BCUT2D eigenvalue weighted by molar-refractivity contribution is 5.75. The maximum absolute atomic E-state index is 12.2. The molecule has 3 unspecified atom stereocenters. The molecule has 0 spiro atoms. The molecule has 1 aliphatic rings. The van der Waals surface area contributed by atoms with Crippen LogP contribution in [-0.2, 0) is 14.3 Å². The molecule has 0 saturated heterocycles. The number of rotatable bonds is 11. The van der Waals surface area contributed by atoms with Crippen LogP contribution in [0.5, 0.6) is 0 Å². The van der Waals surface area contributed by atoms with Crippen molar-refractivity contribution in [1.29, 1.82) is 0 Å². The summed E-state index contributed by atoms with van der Waals surface area (Å²) in [5, 5.41) is 6.94. The van der Waals surface area contributed by atoms with Crippen LogP contribution >= 0.6 is 0 Å². The highest BCUT2D eigenvalue weighted by Crippen LogP contribution is 2.30. The summed E-state index contributed by atoms with van der Waals surface area (Å²) >= 11 is 0. The van der Waals surface area contributed by atoms with E-state index < -0.39 is 0 Å². The number of carbonyl (C=O) groups excluding carboxylic acids is 1. The molecule has 0 aliphatic heterocycles. The molecule has 2 N–H and O–H groups in total. The summed E-state index contributed by atoms with van der Waals surface area (Å²) in [6, 6.07) is 0.844. The second-order valence-electron chi connectivity index (χ2n) is 10.8. The zero-order valence-corrected chi connectivity index (χ0v) is 20.5. The Hall–Kier alpha value is -0.650. The van der Waals surface area contributed by atoms with Crippen molar-refractivity contribution in [2.24, 2.45) is 11.3 Å². The zero-order chi connectivity index (χ0) is 22.2. The highest BCUT2D eigenvalue weighted by Gasteiger charge is 2.27. The highest BCUT2D eigenvalue weighted by atomic mass is 16.5. The molecule has 0 heterocycles. The number of ether oxygens (including phenoxy) is 2. The molecule has 1 fully saturated rings.